The van der Waals surface area contributed by atoms with Gasteiger partial charge in [0.2, 0.25) is 0 Å². The lowest BCUT2D eigenvalue weighted by Gasteiger charge is -2.70. The van der Waals surface area contributed by atoms with Crippen molar-refractivity contribution in [3.05, 3.63) is 11.6 Å². The molecule has 4 aliphatic carbocycles. The van der Waals surface area contributed by atoms with Crippen LogP contribution in [0.5, 0.6) is 0 Å². The lowest BCUT2D eigenvalue weighted by atomic mass is 9.34. The summed E-state index contributed by atoms with van der Waals surface area (Å²) in [5, 5.41) is 11.0. The maximum atomic E-state index is 13.4. The fraction of sp³-hybridized carbons (Fsp3) is 0.892. The van der Waals surface area contributed by atoms with Gasteiger partial charge in [-0.15, -0.1) is 0 Å². The molecule has 0 unspecified atom stereocenters. The Morgan fingerprint density at radius 1 is 1.09 bits per heavy atom. The molecular weight excluding hydrogens is 554 g/mol. The van der Waals surface area contributed by atoms with Crippen molar-refractivity contribution < 1.29 is 28.9 Å². The number of ether oxygens (including phenoxy) is 3. The number of hydrogen-bond donors (Lipinski definition) is 2. The lowest BCUT2D eigenvalue weighted by Crippen LogP contribution is -2.67. The first-order chi connectivity index (χ1) is 20.3. The van der Waals surface area contributed by atoms with E-state index in [9.17, 15) is 14.7 Å². The molecule has 0 radical (unpaired) electrons. The lowest BCUT2D eigenvalue weighted by molar-refractivity contribution is -0.224. The van der Waals surface area contributed by atoms with Gasteiger partial charge in [0.05, 0.1) is 19.1 Å². The zero-order chi connectivity index (χ0) is 32.7. The van der Waals surface area contributed by atoms with Crippen LogP contribution in [0, 0.1) is 56.7 Å². The molecule has 5 rings (SSSR count). The molecule has 0 aromatic rings. The standard InChI is InChI=1S/C37H61NO6/c1-22(2)23(3)33(7)15-16-35(9)25-11-12-28-34(8)21-42-18-17-37(28,26(25)13-14-36(35,10)29(33)31(40)41)19-27(44-24(4)39)30(34)43-20-32(5,6)38/h13,22-23,25,27-30H,11-12,14-21,38H2,1-10H3,(H,40,41)/t23-,25+,27-,28+,29-,30+,33-,34+,35-,36+,37-/m1/s1. The molecule has 1 saturated heterocycles. The molecule has 0 spiro atoms. The first-order valence-electron chi connectivity index (χ1n) is 17.4. The van der Waals surface area contributed by atoms with Crippen molar-refractivity contribution >= 4 is 11.9 Å². The fourth-order valence-corrected chi connectivity index (χ4v) is 11.8. The molecule has 1 aliphatic heterocycles. The van der Waals surface area contributed by atoms with Crippen LogP contribution in [-0.2, 0) is 23.8 Å². The average molecular weight is 616 g/mol. The molecule has 0 aromatic carbocycles. The van der Waals surface area contributed by atoms with E-state index >= 15 is 0 Å². The van der Waals surface area contributed by atoms with Crippen molar-refractivity contribution in [2.45, 2.75) is 132 Å². The van der Waals surface area contributed by atoms with Crippen LogP contribution in [0.25, 0.3) is 0 Å². The summed E-state index contributed by atoms with van der Waals surface area (Å²) in [5.41, 5.74) is 6.05. The third-order valence-corrected chi connectivity index (χ3v) is 14.4. The molecule has 0 aromatic heterocycles. The van der Waals surface area contributed by atoms with Gasteiger partial charge < -0.3 is 25.1 Å². The zero-order valence-electron chi connectivity index (χ0n) is 29.3. The normalized spacial score (nSPS) is 46.1. The van der Waals surface area contributed by atoms with Crippen LogP contribution in [-0.4, -0.2) is 54.6 Å². The predicted molar refractivity (Wildman–Crippen MR) is 172 cm³/mol. The van der Waals surface area contributed by atoms with E-state index in [0.29, 0.717) is 49.9 Å². The van der Waals surface area contributed by atoms with Crippen LogP contribution in [0.15, 0.2) is 11.6 Å². The SMILES string of the molecule is CC(=O)O[C@@H]1C[C@@]23CCOC[C@@](C)([C@@H]2CC[C@H]2C3=CC[C@@]3(C)[C@H](C(=O)O)[C@@](C)([C@H](C)C(C)C)CC[C@]23C)[C@H]1OCC(C)(C)N. The number of esters is 1. The summed E-state index contributed by atoms with van der Waals surface area (Å²) < 4.78 is 19.2. The van der Waals surface area contributed by atoms with Crippen LogP contribution >= 0.6 is 0 Å². The number of fused-ring (bicyclic) bond motifs is 3. The van der Waals surface area contributed by atoms with E-state index in [-0.39, 0.29) is 39.1 Å². The van der Waals surface area contributed by atoms with E-state index in [2.05, 4.69) is 54.5 Å². The molecule has 11 atom stereocenters. The highest BCUT2D eigenvalue weighted by atomic mass is 16.6. The van der Waals surface area contributed by atoms with Crippen LogP contribution in [0.3, 0.4) is 0 Å². The van der Waals surface area contributed by atoms with Gasteiger partial charge in [-0.1, -0.05) is 60.1 Å². The Morgan fingerprint density at radius 3 is 2.36 bits per heavy atom. The smallest absolute Gasteiger partial charge is 0.307 e. The summed E-state index contributed by atoms with van der Waals surface area (Å²) in [4.78, 5) is 25.9. The Hall–Kier alpha value is -1.44. The molecule has 1 heterocycles. The van der Waals surface area contributed by atoms with Gasteiger partial charge in [-0.05, 0) is 98.7 Å². The van der Waals surface area contributed by atoms with Gasteiger partial charge in [-0.25, -0.2) is 0 Å². The Labute approximate surface area is 266 Å². The highest BCUT2D eigenvalue weighted by Gasteiger charge is 2.71. The number of carbonyl (C=O) groups excluding carboxylic acids is 1. The van der Waals surface area contributed by atoms with Crippen molar-refractivity contribution in [1.82, 2.24) is 0 Å². The number of nitrogens with two attached hydrogens (primary N) is 1. The number of aliphatic carboxylic acids is 1. The number of allylic oxidation sites excluding steroid dienone is 2. The second kappa shape index (κ2) is 11.1. The summed E-state index contributed by atoms with van der Waals surface area (Å²) in [6, 6.07) is 0. The van der Waals surface area contributed by atoms with E-state index in [1.807, 2.05) is 13.8 Å². The van der Waals surface area contributed by atoms with Gasteiger partial charge in [0.25, 0.3) is 0 Å². The molecular formula is C37H61NO6. The number of hydrogen-bond acceptors (Lipinski definition) is 6. The van der Waals surface area contributed by atoms with E-state index in [4.69, 9.17) is 19.9 Å². The molecule has 3 N–H and O–H groups in total. The number of rotatable bonds is 7. The molecule has 2 bridgehead atoms. The molecule has 4 fully saturated rings. The number of carboxylic acids is 1. The molecule has 44 heavy (non-hydrogen) atoms. The minimum absolute atomic E-state index is 0.145. The summed E-state index contributed by atoms with van der Waals surface area (Å²) in [5.74, 6) is -0.00538. The van der Waals surface area contributed by atoms with Gasteiger partial charge in [0.15, 0.2) is 0 Å². The second-order valence-corrected chi connectivity index (χ2v) is 17.7. The average Bonchev–Trinajstić information content (AvgIpc) is 3.01. The summed E-state index contributed by atoms with van der Waals surface area (Å²) >= 11 is 0. The molecule has 7 heteroatoms. The van der Waals surface area contributed by atoms with Crippen molar-refractivity contribution in [2.75, 3.05) is 19.8 Å². The monoisotopic (exact) mass is 615 g/mol. The minimum atomic E-state index is -0.636. The highest BCUT2D eigenvalue weighted by Crippen LogP contribution is 2.75. The van der Waals surface area contributed by atoms with E-state index in [0.717, 1.165) is 38.5 Å². The minimum Gasteiger partial charge on any atom is -0.481 e. The Morgan fingerprint density at radius 2 is 1.77 bits per heavy atom. The molecule has 3 saturated carbocycles. The van der Waals surface area contributed by atoms with Crippen LogP contribution in [0.4, 0.5) is 0 Å². The van der Waals surface area contributed by atoms with Crippen molar-refractivity contribution in [2.24, 2.45) is 62.4 Å². The first kappa shape index (κ1) is 33.9. The van der Waals surface area contributed by atoms with Gasteiger partial charge in [0.1, 0.15) is 12.2 Å². The topological polar surface area (TPSA) is 108 Å². The Kier molecular flexibility index (Phi) is 8.54. The molecule has 250 valence electrons. The van der Waals surface area contributed by atoms with Crippen LogP contribution < -0.4 is 5.73 Å². The van der Waals surface area contributed by atoms with Gasteiger partial charge in [0, 0.05) is 29.9 Å². The van der Waals surface area contributed by atoms with E-state index < -0.39 is 23.5 Å². The maximum Gasteiger partial charge on any atom is 0.307 e. The third-order valence-electron chi connectivity index (χ3n) is 14.4. The highest BCUT2D eigenvalue weighted by molar-refractivity contribution is 5.73. The fourth-order valence-electron chi connectivity index (χ4n) is 11.8. The van der Waals surface area contributed by atoms with Crippen molar-refractivity contribution in [3.8, 4) is 0 Å². The van der Waals surface area contributed by atoms with Gasteiger partial charge in [-0.3, -0.25) is 9.59 Å². The second-order valence-electron chi connectivity index (χ2n) is 17.7. The van der Waals surface area contributed by atoms with Crippen molar-refractivity contribution in [3.63, 3.8) is 0 Å². The largest absolute Gasteiger partial charge is 0.481 e. The number of carboxylic acid groups (broad SMARTS) is 1. The molecule has 0 amide bonds. The Balaban J connectivity index is 1.62. The maximum absolute atomic E-state index is 13.4. The van der Waals surface area contributed by atoms with Gasteiger partial charge in [-0.2, -0.15) is 0 Å². The Bertz CT molecular complexity index is 1170. The molecule has 7 nitrogen and oxygen atoms in total. The van der Waals surface area contributed by atoms with Crippen LogP contribution in [0.1, 0.15) is 114 Å². The predicted octanol–water partition coefficient (Wildman–Crippen LogP) is 7.02. The number of carbonyl (C=O) groups is 2. The van der Waals surface area contributed by atoms with E-state index in [1.54, 1.807) is 0 Å². The molecule has 5 aliphatic rings. The van der Waals surface area contributed by atoms with E-state index in [1.165, 1.54) is 12.5 Å². The summed E-state index contributed by atoms with van der Waals surface area (Å²) in [6.45, 7) is 23.0. The van der Waals surface area contributed by atoms with Crippen molar-refractivity contribution in [1.29, 1.82) is 0 Å². The quantitative estimate of drug-likeness (QED) is 0.234. The summed E-state index contributed by atoms with van der Waals surface area (Å²) in [6.07, 6.45) is 8.16. The zero-order valence-corrected chi connectivity index (χ0v) is 29.3. The van der Waals surface area contributed by atoms with Gasteiger partial charge >= 0.3 is 11.9 Å². The first-order valence-corrected chi connectivity index (χ1v) is 17.4. The third kappa shape index (κ3) is 4.92. The van der Waals surface area contributed by atoms with Crippen LogP contribution in [0.2, 0.25) is 0 Å². The summed E-state index contributed by atoms with van der Waals surface area (Å²) in [7, 11) is 0.